The number of carbonyl (C=O) groups excluding carboxylic acids is 4. The lowest BCUT2D eigenvalue weighted by molar-refractivity contribution is -0.124. The molecule has 4 aliphatic rings. The zero-order chi connectivity index (χ0) is 51.3. The van der Waals surface area contributed by atoms with Crippen molar-refractivity contribution in [2.45, 2.75) is 156 Å². The molecule has 0 aromatic carbocycles. The number of hydrogen-bond donors (Lipinski definition) is 0. The maximum atomic E-state index is 14.1. The highest BCUT2D eigenvalue weighted by atomic mass is 79.9. The molecule has 0 unspecified atom stereocenters. The van der Waals surface area contributed by atoms with E-state index in [4.69, 9.17) is 0 Å². The summed E-state index contributed by atoms with van der Waals surface area (Å²) in [5, 5.41) is 0. The number of carbonyl (C=O) groups is 4. The number of halogens is 4. The third-order valence-electron chi connectivity index (χ3n) is 13.5. The molecule has 8 rings (SSSR count). The second kappa shape index (κ2) is 28.1. The van der Waals surface area contributed by atoms with Crippen molar-refractivity contribution in [2.75, 3.05) is 26.2 Å². The Kier molecular flexibility index (Phi) is 22.3. The summed E-state index contributed by atoms with van der Waals surface area (Å²) in [5.74, 6) is -0.109. The molecular weight excluding hydrogens is 1240 g/mol. The Morgan fingerprint density at radius 1 is 0.306 bits per heavy atom. The topological polar surface area (TPSA) is 81.2 Å². The van der Waals surface area contributed by atoms with Crippen LogP contribution >= 0.6 is 109 Å². The fraction of sp³-hybridized carbons (Fsp3) is 0.500. The van der Waals surface area contributed by atoms with Gasteiger partial charge in [0.2, 0.25) is 0 Å². The second-order valence-electron chi connectivity index (χ2n) is 18.8. The quantitative estimate of drug-likeness (QED) is 0.0531. The summed E-state index contributed by atoms with van der Waals surface area (Å²) >= 11 is 20.7. The van der Waals surface area contributed by atoms with Crippen molar-refractivity contribution >= 4 is 155 Å². The van der Waals surface area contributed by atoms with Gasteiger partial charge in [-0.2, -0.15) is 0 Å². The van der Waals surface area contributed by atoms with Gasteiger partial charge < -0.3 is 19.6 Å². The molecule has 0 radical (unpaired) electrons. The summed E-state index contributed by atoms with van der Waals surface area (Å²) in [4.78, 5) is 67.5. The number of amides is 4. The molecule has 0 aliphatic carbocycles. The van der Waals surface area contributed by atoms with Crippen LogP contribution in [-0.4, -0.2) is 69.4 Å². The molecule has 4 aromatic heterocycles. The molecule has 8 nitrogen and oxygen atoms in total. The highest BCUT2D eigenvalue weighted by Gasteiger charge is 2.50. The van der Waals surface area contributed by atoms with Crippen LogP contribution in [0.1, 0.15) is 176 Å². The molecule has 0 spiro atoms. The van der Waals surface area contributed by atoms with Crippen molar-refractivity contribution in [3.8, 4) is 0 Å². The smallest absolute Gasteiger partial charge is 0.261 e. The zero-order valence-corrected chi connectivity index (χ0v) is 51.8. The molecule has 72 heavy (non-hydrogen) atoms. The lowest BCUT2D eigenvalue weighted by atomic mass is 10.1. The van der Waals surface area contributed by atoms with E-state index in [1.165, 1.54) is 51.4 Å². The zero-order valence-electron chi connectivity index (χ0n) is 42.2. The summed E-state index contributed by atoms with van der Waals surface area (Å²) in [6.45, 7) is 11.4. The molecule has 4 aliphatic heterocycles. The average molecular weight is 1310 g/mol. The third-order valence-corrected chi connectivity index (χ3v) is 20.1. The number of thiophene rings is 4. The van der Waals surface area contributed by atoms with E-state index in [9.17, 15) is 19.2 Å². The first-order chi connectivity index (χ1) is 34.9. The Hall–Kier alpha value is -2.44. The van der Waals surface area contributed by atoms with Crippen LogP contribution in [0.3, 0.4) is 0 Å². The van der Waals surface area contributed by atoms with Crippen LogP contribution < -0.4 is 0 Å². The van der Waals surface area contributed by atoms with Crippen LogP contribution in [0.5, 0.6) is 0 Å². The van der Waals surface area contributed by atoms with E-state index in [0.29, 0.717) is 48.5 Å². The lowest BCUT2D eigenvalue weighted by Gasteiger charge is -2.24. The van der Waals surface area contributed by atoms with Crippen LogP contribution in [-0.2, 0) is 19.2 Å². The van der Waals surface area contributed by atoms with Gasteiger partial charge in [-0.25, -0.2) is 0 Å². The van der Waals surface area contributed by atoms with Crippen LogP contribution in [0.15, 0.2) is 86.0 Å². The Morgan fingerprint density at radius 3 is 0.694 bits per heavy atom. The van der Waals surface area contributed by atoms with Gasteiger partial charge in [-0.3, -0.25) is 19.2 Å². The Labute approximate surface area is 477 Å². The second-order valence-corrected chi connectivity index (χ2v) is 28.6. The van der Waals surface area contributed by atoms with Crippen molar-refractivity contribution in [2.24, 2.45) is 0 Å². The summed E-state index contributed by atoms with van der Waals surface area (Å²) < 4.78 is 4.00. The molecule has 16 heteroatoms. The Morgan fingerprint density at radius 2 is 0.500 bits per heavy atom. The van der Waals surface area contributed by atoms with Crippen LogP contribution in [0.25, 0.3) is 22.8 Å². The van der Waals surface area contributed by atoms with Gasteiger partial charge in [0.05, 0.1) is 79.7 Å². The molecule has 0 saturated heterocycles. The van der Waals surface area contributed by atoms with Crippen molar-refractivity contribution in [1.29, 1.82) is 0 Å². The van der Waals surface area contributed by atoms with Crippen molar-refractivity contribution in [1.82, 2.24) is 19.6 Å². The molecule has 8 heterocycles. The molecule has 0 fully saturated rings. The number of fused-ring (bicyclic) bond motifs is 2. The van der Waals surface area contributed by atoms with Gasteiger partial charge in [0, 0.05) is 26.2 Å². The van der Waals surface area contributed by atoms with E-state index in [0.717, 1.165) is 134 Å². The highest BCUT2D eigenvalue weighted by molar-refractivity contribution is 9.11. The lowest BCUT2D eigenvalue weighted by Crippen LogP contribution is -2.30. The summed E-state index contributed by atoms with van der Waals surface area (Å²) in [7, 11) is 0. The first kappa shape index (κ1) is 57.3. The predicted molar refractivity (Wildman–Crippen MR) is 318 cm³/mol. The van der Waals surface area contributed by atoms with Crippen molar-refractivity contribution < 1.29 is 19.2 Å². The fourth-order valence-electron chi connectivity index (χ4n) is 9.93. The van der Waals surface area contributed by atoms with Crippen LogP contribution in [0.2, 0.25) is 0 Å². The average Bonchev–Trinajstić information content (AvgIpc) is 4.27. The number of rotatable bonds is 28. The van der Waals surface area contributed by atoms with Crippen LogP contribution in [0, 0.1) is 0 Å². The minimum absolute atomic E-state index is 0.0219. The van der Waals surface area contributed by atoms with E-state index in [1.807, 2.05) is 68.1 Å². The largest absolute Gasteiger partial charge is 0.306 e. The maximum Gasteiger partial charge on any atom is 0.261 e. The number of unbranched alkanes of at least 4 members (excludes halogenated alkanes) is 16. The van der Waals surface area contributed by atoms with E-state index >= 15 is 0 Å². The molecule has 0 N–H and O–H groups in total. The molecule has 0 atom stereocenters. The summed E-state index contributed by atoms with van der Waals surface area (Å²) in [6, 6.07) is 16.1. The van der Waals surface area contributed by atoms with Gasteiger partial charge in [-0.15, -0.1) is 45.3 Å². The summed E-state index contributed by atoms with van der Waals surface area (Å²) in [5.41, 5.74) is 5.56. The minimum atomic E-state index is -0.0325. The Balaban J connectivity index is 0.000000213. The molecule has 0 bridgehead atoms. The first-order valence-corrected chi connectivity index (χ1v) is 32.7. The standard InChI is InChI=1S/C30H38Br2N2O2S2.C26H30Br2N2O2S2/c1-3-5-7-9-11-13-19-33-27(21-15-17-23(31)37-21)25-26(29(33)35)28(22-16-18-24(32)38-22)34(30(25)36)20-14-12-10-8-6-4-2;1-3-5-7-9-15-29-23(17-11-13-19(27)33-17)21-22(25(29)31)24(18-12-14-20(28)34-18)30(26(21)32)16-10-8-6-4-2/h15-18H,3-14,19-20H2,1-2H3;11-14H,3-10,15-16H2,1-2H3. The molecule has 388 valence electrons. The number of hydrogen-bond acceptors (Lipinski definition) is 8. The van der Waals surface area contributed by atoms with E-state index in [2.05, 4.69) is 91.4 Å². The molecular formula is C56H68Br4N4O4S4. The highest BCUT2D eigenvalue weighted by Crippen LogP contribution is 2.51. The summed E-state index contributed by atoms with van der Waals surface area (Å²) in [6.07, 6.45) is 22.6. The minimum Gasteiger partial charge on any atom is -0.306 e. The maximum absolute atomic E-state index is 14.1. The van der Waals surface area contributed by atoms with E-state index in [1.54, 1.807) is 45.3 Å². The SMILES string of the molecule is CCCCCCCCN1C(=O)C2=C(c3ccc(Br)s3)N(CCCCCCCC)C(=O)C2=C1c1ccc(Br)s1.CCCCCCN1C(=O)C2=C(c3ccc(Br)s3)N(CCCCCC)C(=O)C2=C1c1ccc(Br)s1. The third kappa shape index (κ3) is 13.4. The molecule has 4 amide bonds. The van der Waals surface area contributed by atoms with Gasteiger partial charge in [0.1, 0.15) is 0 Å². The number of nitrogens with zero attached hydrogens (tertiary/aromatic N) is 4. The van der Waals surface area contributed by atoms with Gasteiger partial charge in [-0.1, -0.05) is 130 Å². The molecule has 4 aromatic rings. The van der Waals surface area contributed by atoms with Gasteiger partial charge >= 0.3 is 0 Å². The van der Waals surface area contributed by atoms with Gasteiger partial charge in [0.25, 0.3) is 23.6 Å². The first-order valence-electron chi connectivity index (χ1n) is 26.2. The fourth-order valence-corrected chi connectivity index (χ4v) is 15.7. The molecule has 0 saturated carbocycles. The van der Waals surface area contributed by atoms with Gasteiger partial charge in [-0.05, 0) is 138 Å². The predicted octanol–water partition coefficient (Wildman–Crippen LogP) is 18.2. The van der Waals surface area contributed by atoms with E-state index in [-0.39, 0.29) is 23.6 Å². The van der Waals surface area contributed by atoms with Crippen molar-refractivity contribution in [3.63, 3.8) is 0 Å². The van der Waals surface area contributed by atoms with Gasteiger partial charge in [0.15, 0.2) is 0 Å². The normalized spacial score (nSPS) is 15.8. The monoisotopic (exact) mass is 1300 g/mol. The van der Waals surface area contributed by atoms with Crippen LogP contribution in [0.4, 0.5) is 0 Å². The van der Waals surface area contributed by atoms with E-state index < -0.39 is 0 Å². The van der Waals surface area contributed by atoms with Crippen molar-refractivity contribution in [3.05, 3.63) is 105 Å². The Bertz CT molecular complexity index is 2510.